The van der Waals surface area contributed by atoms with Gasteiger partial charge >= 0.3 is 23.9 Å². The first-order valence-corrected chi connectivity index (χ1v) is 41.7. The molecule has 0 spiro atoms. The molecular formula is C96H152N8O16. The van der Waals surface area contributed by atoms with Crippen molar-refractivity contribution in [1.29, 1.82) is 0 Å². The van der Waals surface area contributed by atoms with Gasteiger partial charge in [-0.15, -0.1) is 0 Å². The van der Waals surface area contributed by atoms with Gasteiger partial charge in [-0.25, -0.2) is 0 Å². The molecule has 4 aromatic rings. The normalized spacial score (nSPS) is 36.3. The summed E-state index contributed by atoms with van der Waals surface area (Å²) in [5.41, 5.74) is 27.7. The number of ether oxygens (including phenoxy) is 12. The molecule has 672 valence electrons. The SMILES string of the molecule is [2H]C([2H])([2H])Oc1cc2c(cc1OC)C1N(CC2)C([2H])([2H])C([2H])(CC(C)C)C(OC(=O)[C@@H](N)C(C)C)C1([2H])[2H].[2H]C([2H])([2H])Oc1cc2c(cc1OC)C1N(CC2)C([2H])([2H])C([2H])(CC(C)C)C([2H])(OC(=O)[C@@H](N)C(C)C)C1([2H])[2H].[2H]C1([2H])C2c3cc(OC)c(OC)cc3CCN2C([2H])([2H])C([2H])(CC(C)C)C1([2H])OC(=O)[C@@H](N)C(C)C.[2H]C1([2H])C2c3cc(OC)c(OC)cc3CCN2C([2H])([2H])C([2H])(CC(C)C)C1([2H])OC(=O)[C@@H](N)C(C)C. The van der Waals surface area contributed by atoms with Gasteiger partial charge in [0.15, 0.2) is 46.0 Å². The molecule has 0 bridgehead atoms. The van der Waals surface area contributed by atoms with Gasteiger partial charge in [-0.1, -0.05) is 111 Å². The lowest BCUT2D eigenvalue weighted by molar-refractivity contribution is -0.161. The number of rotatable bonds is 28. The summed E-state index contributed by atoms with van der Waals surface area (Å²) in [6.07, 6.45) is -20.9. The van der Waals surface area contributed by atoms with Crippen LogP contribution in [0.15, 0.2) is 48.5 Å². The van der Waals surface area contributed by atoms with Gasteiger partial charge in [0.1, 0.15) is 48.5 Å². The van der Waals surface area contributed by atoms with E-state index in [1.807, 2.05) is 0 Å². The number of hydrogen-bond acceptors (Lipinski definition) is 24. The molecule has 8 N–H and O–H groups in total. The largest absolute Gasteiger partial charge is 0.493 e. The minimum absolute atomic E-state index is 0.0256. The third kappa shape index (κ3) is 23.8. The van der Waals surface area contributed by atoms with E-state index in [2.05, 4.69) is 0 Å². The van der Waals surface area contributed by atoms with Crippen molar-refractivity contribution in [2.24, 2.45) is 93.9 Å². The average molecular weight is 1700 g/mol. The number of carbonyl (C=O) groups is 4. The van der Waals surface area contributed by atoms with Crippen LogP contribution in [0.2, 0.25) is 0 Å². The number of hydrogen-bond donors (Lipinski definition) is 4. The molecular weight excluding hydrogens is 1520 g/mol. The van der Waals surface area contributed by atoms with Crippen LogP contribution in [0.3, 0.4) is 0 Å². The minimum Gasteiger partial charge on any atom is -0.493 e. The summed E-state index contributed by atoms with van der Waals surface area (Å²) in [5.74, 6) is -14.8. The first-order chi connectivity index (χ1) is 67.9. The van der Waals surface area contributed by atoms with E-state index in [-0.39, 0.29) is 135 Å². The highest BCUT2D eigenvalue weighted by molar-refractivity contribution is 5.77. The lowest BCUT2D eigenvalue weighted by Gasteiger charge is -2.47. The standard InChI is InChI=1S/4C24H38N2O4/c4*1-14(2)9-17-13-26-8-7-16-10-21(28-5)22(29-6)11-18(16)19(26)12-20(17)30-24(27)23(25)15(3)4/h4*10-11,14-15,17,19-20,23H,7-9,12-13,25H2,1-6H3/t4*17?,19?,20?,23-/m0000/s1/i5D3,12D2,13D2,17D,20D;2*12D2,13D2,17D,20D;5D3,12D2,13D2,17D. The smallest absolute Gasteiger partial charge is 0.323 e. The van der Waals surface area contributed by atoms with Gasteiger partial charge in [0.2, 0.25) is 0 Å². The summed E-state index contributed by atoms with van der Waals surface area (Å²) >= 11 is 0. The molecule has 8 aliphatic heterocycles. The second-order valence-electron chi connectivity index (χ2n) is 34.4. The molecule has 0 radical (unpaired) electrons. The summed E-state index contributed by atoms with van der Waals surface area (Å²) in [4.78, 5) is 57.3. The Kier molecular flexibility index (Phi) is 23.0. The Balaban J connectivity index is 0.000000221. The Hall–Kier alpha value is -7.16. The third-order valence-electron chi connectivity index (χ3n) is 21.9. The zero-order chi connectivity index (χ0) is 114. The van der Waals surface area contributed by atoms with E-state index in [0.29, 0.717) is 74.8 Å². The van der Waals surface area contributed by atoms with E-state index >= 15 is 0 Å². The second-order valence-corrected chi connectivity index (χ2v) is 34.4. The van der Waals surface area contributed by atoms with Crippen molar-refractivity contribution in [3.63, 3.8) is 0 Å². The van der Waals surface area contributed by atoms with Crippen LogP contribution in [-0.2, 0) is 63.8 Å². The zero-order valence-corrected chi connectivity index (χ0v) is 74.0. The lowest BCUT2D eigenvalue weighted by Crippen LogP contribution is -2.51. The van der Waals surface area contributed by atoms with Crippen molar-refractivity contribution in [3.8, 4) is 46.0 Å². The average Bonchev–Trinajstić information content (AvgIpc) is 0.674. The highest BCUT2D eigenvalue weighted by atomic mass is 16.6. The van der Waals surface area contributed by atoms with E-state index in [1.165, 1.54) is 86.5 Å². The predicted octanol–water partition coefficient (Wildman–Crippen LogP) is 14.3. The predicted molar refractivity (Wildman–Crippen MR) is 471 cm³/mol. The first kappa shape index (κ1) is 62.9. The van der Waals surface area contributed by atoms with E-state index < -0.39 is 192 Å². The topological polar surface area (TPSA) is 296 Å². The van der Waals surface area contributed by atoms with Crippen LogP contribution >= 0.6 is 0 Å². The molecule has 120 heavy (non-hydrogen) atoms. The fraction of sp³-hybridized carbons (Fsp3) is 0.708. The summed E-state index contributed by atoms with van der Waals surface area (Å²) in [6, 6.07) is 2.28. The van der Waals surface area contributed by atoms with Gasteiger partial charge in [-0.3, -0.25) is 38.8 Å². The van der Waals surface area contributed by atoms with Crippen LogP contribution in [0.4, 0.5) is 0 Å². The molecule has 4 aromatic carbocycles. The van der Waals surface area contributed by atoms with Crippen LogP contribution in [0.1, 0.15) is 270 Å². The highest BCUT2D eigenvalue weighted by Gasteiger charge is 2.47. The summed E-state index contributed by atoms with van der Waals surface area (Å²) in [6.45, 7) is 17.7. The Bertz CT molecular complexity index is 5300. The molecule has 0 aliphatic carbocycles. The molecule has 8 heterocycles. The van der Waals surface area contributed by atoms with Gasteiger partial charge in [0.25, 0.3) is 0 Å². The van der Waals surface area contributed by atoms with Crippen LogP contribution < -0.4 is 60.8 Å². The van der Waals surface area contributed by atoms with Gasteiger partial charge < -0.3 is 79.8 Å². The molecule has 4 saturated heterocycles. The molecule has 0 aromatic heterocycles. The Morgan fingerprint density at radius 3 is 0.792 bits per heavy atom. The van der Waals surface area contributed by atoms with Crippen molar-refractivity contribution in [3.05, 3.63) is 93.0 Å². The number of fused-ring (bicyclic) bond motifs is 12. The first-order valence-electron chi connectivity index (χ1n) is 56.2. The molecule has 0 amide bonds. The number of benzene rings is 4. The van der Waals surface area contributed by atoms with E-state index in [9.17, 15) is 39.7 Å². The third-order valence-corrected chi connectivity index (χ3v) is 21.9. The number of esters is 4. The van der Waals surface area contributed by atoms with Crippen molar-refractivity contribution in [2.45, 2.75) is 260 Å². The fourth-order valence-corrected chi connectivity index (χ4v) is 14.9. The lowest BCUT2D eigenvalue weighted by atomic mass is 9.79. The van der Waals surface area contributed by atoms with Crippen molar-refractivity contribution in [2.75, 3.05) is 109 Å². The van der Waals surface area contributed by atoms with Crippen molar-refractivity contribution in [1.82, 2.24) is 19.6 Å². The maximum absolute atomic E-state index is 13.1. The van der Waals surface area contributed by atoms with E-state index in [4.69, 9.17) is 99.0 Å². The second kappa shape index (κ2) is 43.9. The van der Waals surface area contributed by atoms with Gasteiger partial charge in [0.05, 0.1) is 69.1 Å². The summed E-state index contributed by atoms with van der Waals surface area (Å²) in [7, 11) is 2.95. The molecule has 0 saturated carbocycles. The van der Waals surface area contributed by atoms with Gasteiger partial charge in [-0.05, 0) is 192 Å². The summed E-state index contributed by atoms with van der Waals surface area (Å²) in [5, 5.41) is 0. The minimum atomic E-state index is -3.02. The monoisotopic (exact) mass is 1700 g/mol. The van der Waals surface area contributed by atoms with Crippen molar-refractivity contribution < 1.29 is 116 Å². The quantitative estimate of drug-likeness (QED) is 0.0303. The number of nitrogens with zero attached hydrogens (tertiary/aromatic N) is 4. The maximum atomic E-state index is 13.1. The highest BCUT2D eigenvalue weighted by Crippen LogP contribution is 2.50. The summed E-state index contributed by atoms with van der Waals surface area (Å²) < 4.78 is 322. The van der Waals surface area contributed by atoms with Gasteiger partial charge in [0, 0.05) is 153 Å². The molecule has 4 fully saturated rings. The zero-order valence-electron chi connectivity index (χ0n) is 103. The molecule has 12 rings (SSSR count). The number of nitrogens with two attached hydrogens (primary N) is 4. The Morgan fingerprint density at radius 2 is 0.558 bits per heavy atom. The molecule has 24 nitrogen and oxygen atoms in total. The van der Waals surface area contributed by atoms with Crippen LogP contribution in [0, 0.1) is 70.9 Å². The number of carbonyl (C=O) groups excluding carboxylic acids is 4. The Labute approximate surface area is 759 Å². The van der Waals surface area contributed by atoms with E-state index in [0.717, 1.165) is 0 Å². The Morgan fingerprint density at radius 1 is 0.342 bits per heavy atom. The molecule has 12 unspecified atom stereocenters. The van der Waals surface area contributed by atoms with Gasteiger partial charge in [-0.2, -0.15) is 0 Å². The molecule has 16 atom stereocenters. The van der Waals surface area contributed by atoms with E-state index in [1.54, 1.807) is 135 Å². The van der Waals surface area contributed by atoms with Crippen LogP contribution in [-0.4, -0.2) is 201 Å². The number of methoxy groups -OCH3 is 8. The molecule has 24 heteroatoms. The fourth-order valence-electron chi connectivity index (χ4n) is 14.9. The molecule has 8 aliphatic rings. The van der Waals surface area contributed by atoms with Crippen LogP contribution in [0.5, 0.6) is 46.0 Å². The van der Waals surface area contributed by atoms with Crippen molar-refractivity contribution >= 4 is 23.9 Å². The van der Waals surface area contributed by atoms with Crippen LogP contribution in [0.25, 0.3) is 0 Å². The number of piperidine rings is 4. The maximum Gasteiger partial charge on any atom is 0.323 e.